The summed E-state index contributed by atoms with van der Waals surface area (Å²) in [4.78, 5) is 34.5. The molecule has 5 rings (SSSR count). The van der Waals surface area contributed by atoms with Crippen molar-refractivity contribution in [3.05, 3.63) is 129 Å². The van der Waals surface area contributed by atoms with E-state index >= 15 is 0 Å². The number of hydrogen-bond acceptors (Lipinski definition) is 4. The van der Waals surface area contributed by atoms with Gasteiger partial charge in [0.2, 0.25) is 0 Å². The molecule has 6 heteroatoms. The summed E-state index contributed by atoms with van der Waals surface area (Å²) < 4.78 is 7.28. The van der Waals surface area contributed by atoms with Crippen molar-refractivity contribution in [3.63, 3.8) is 0 Å². The lowest BCUT2D eigenvalue weighted by Crippen LogP contribution is -2.37. The zero-order valence-corrected chi connectivity index (χ0v) is 21.4. The number of furan rings is 1. The molecule has 186 valence electrons. The highest BCUT2D eigenvalue weighted by Crippen LogP contribution is 2.28. The van der Waals surface area contributed by atoms with Crippen molar-refractivity contribution in [3.8, 4) is 5.69 Å². The van der Waals surface area contributed by atoms with Crippen LogP contribution < -0.4 is 5.56 Å². The Bertz CT molecular complexity index is 1630. The Hall–Kier alpha value is -4.45. The van der Waals surface area contributed by atoms with Crippen LogP contribution in [0.25, 0.3) is 16.6 Å². The number of amides is 1. The van der Waals surface area contributed by atoms with Crippen LogP contribution in [-0.4, -0.2) is 20.4 Å². The fourth-order valence-corrected chi connectivity index (χ4v) is 4.58. The second kappa shape index (κ2) is 9.90. The maximum Gasteiger partial charge on any atom is 0.266 e. The minimum Gasteiger partial charge on any atom is -0.467 e. The van der Waals surface area contributed by atoms with Crippen molar-refractivity contribution in [2.45, 2.75) is 40.3 Å². The molecule has 1 unspecified atom stereocenters. The van der Waals surface area contributed by atoms with Crippen LogP contribution >= 0.6 is 0 Å². The molecule has 1 atom stereocenters. The number of carbonyl (C=O) groups excluding carboxylic acids is 1. The van der Waals surface area contributed by atoms with Gasteiger partial charge in [-0.15, -0.1) is 0 Å². The summed E-state index contributed by atoms with van der Waals surface area (Å²) >= 11 is 0. The minimum absolute atomic E-state index is 0.165. The van der Waals surface area contributed by atoms with Gasteiger partial charge in [-0.05, 0) is 81.3 Å². The Morgan fingerprint density at radius 2 is 1.68 bits per heavy atom. The average molecular weight is 492 g/mol. The highest BCUT2D eigenvalue weighted by molar-refractivity contribution is 5.94. The van der Waals surface area contributed by atoms with Gasteiger partial charge >= 0.3 is 0 Å². The van der Waals surface area contributed by atoms with E-state index in [1.807, 2.05) is 94.4 Å². The number of carbonyl (C=O) groups is 1. The van der Waals surface area contributed by atoms with E-state index in [0.29, 0.717) is 28.1 Å². The number of aryl methyl sites for hydroxylation is 3. The second-order valence-electron chi connectivity index (χ2n) is 9.47. The van der Waals surface area contributed by atoms with Gasteiger partial charge in [0.15, 0.2) is 0 Å². The molecule has 37 heavy (non-hydrogen) atoms. The minimum atomic E-state index is -0.545. The molecular weight excluding hydrogens is 462 g/mol. The van der Waals surface area contributed by atoms with Gasteiger partial charge in [-0.1, -0.05) is 42.0 Å². The van der Waals surface area contributed by atoms with Crippen molar-refractivity contribution >= 4 is 16.8 Å². The summed E-state index contributed by atoms with van der Waals surface area (Å²) in [7, 11) is 0. The Balaban J connectivity index is 1.72. The van der Waals surface area contributed by atoms with Crippen LogP contribution in [0.3, 0.4) is 0 Å². The number of rotatable bonds is 6. The number of benzene rings is 3. The molecule has 0 N–H and O–H groups in total. The lowest BCUT2D eigenvalue weighted by atomic mass is 10.1. The molecule has 0 fully saturated rings. The summed E-state index contributed by atoms with van der Waals surface area (Å²) in [5, 5.41) is 0.529. The molecule has 0 bridgehead atoms. The van der Waals surface area contributed by atoms with E-state index < -0.39 is 6.04 Å². The molecule has 0 saturated carbocycles. The first-order chi connectivity index (χ1) is 17.8. The third-order valence-corrected chi connectivity index (χ3v) is 6.71. The van der Waals surface area contributed by atoms with Gasteiger partial charge < -0.3 is 9.32 Å². The summed E-state index contributed by atoms with van der Waals surface area (Å²) in [6.45, 7) is 8.10. The van der Waals surface area contributed by atoms with Crippen LogP contribution in [0.5, 0.6) is 0 Å². The first-order valence-corrected chi connectivity index (χ1v) is 12.3. The number of aromatic nitrogens is 2. The van der Waals surface area contributed by atoms with E-state index in [1.54, 1.807) is 27.9 Å². The van der Waals surface area contributed by atoms with Gasteiger partial charge in [-0.3, -0.25) is 14.2 Å². The van der Waals surface area contributed by atoms with E-state index in [4.69, 9.17) is 9.40 Å². The SMILES string of the molecule is Cc1ccc(C(=O)N(Cc2ccco2)C(C)c2nc3ccccc3c(=O)n2-c2cc(C)ccc2C)cc1. The summed E-state index contributed by atoms with van der Waals surface area (Å²) in [5.41, 5.74) is 4.79. The summed E-state index contributed by atoms with van der Waals surface area (Å²) in [5.74, 6) is 0.969. The van der Waals surface area contributed by atoms with Gasteiger partial charge in [-0.2, -0.15) is 0 Å². The van der Waals surface area contributed by atoms with Gasteiger partial charge in [0, 0.05) is 5.56 Å². The Kier molecular flexibility index (Phi) is 6.49. The third kappa shape index (κ3) is 4.70. The summed E-state index contributed by atoms with van der Waals surface area (Å²) in [6.07, 6.45) is 1.59. The molecule has 0 aliphatic rings. The van der Waals surface area contributed by atoms with Crippen molar-refractivity contribution in [2.75, 3.05) is 0 Å². The Labute approximate surface area is 215 Å². The second-order valence-corrected chi connectivity index (χ2v) is 9.47. The molecule has 0 spiro atoms. The largest absolute Gasteiger partial charge is 0.467 e. The van der Waals surface area contributed by atoms with Crippen molar-refractivity contribution in [1.82, 2.24) is 14.5 Å². The molecule has 2 heterocycles. The molecule has 0 aliphatic carbocycles. The molecule has 0 aliphatic heterocycles. The molecular formula is C31H29N3O3. The van der Waals surface area contributed by atoms with Crippen LogP contribution in [-0.2, 0) is 6.54 Å². The summed E-state index contributed by atoms with van der Waals surface area (Å²) in [6, 6.07) is 23.9. The monoisotopic (exact) mass is 491 g/mol. The van der Waals surface area contributed by atoms with E-state index in [1.165, 1.54) is 0 Å². The first kappa shape index (κ1) is 24.3. The fraction of sp³-hybridized carbons (Fsp3) is 0.194. The van der Waals surface area contributed by atoms with E-state index in [2.05, 4.69) is 0 Å². The van der Waals surface area contributed by atoms with E-state index in [9.17, 15) is 9.59 Å². The highest BCUT2D eigenvalue weighted by atomic mass is 16.3. The molecule has 2 aromatic heterocycles. The Morgan fingerprint density at radius 3 is 2.41 bits per heavy atom. The van der Waals surface area contributed by atoms with Crippen LogP contribution in [0.15, 0.2) is 94.3 Å². The number of para-hydroxylation sites is 1. The van der Waals surface area contributed by atoms with Crippen LogP contribution in [0, 0.1) is 20.8 Å². The standard InChI is InChI=1S/C31H29N3O3/c1-20-12-15-24(16-13-20)30(35)33(19-25-8-7-17-37-25)23(4)29-32-27-10-6-5-9-26(27)31(36)34(29)28-18-21(2)11-14-22(28)3/h5-18,23H,19H2,1-4H3. The molecule has 1 amide bonds. The first-order valence-electron chi connectivity index (χ1n) is 12.3. The molecule has 0 radical (unpaired) electrons. The van der Waals surface area contributed by atoms with Crippen molar-refractivity contribution in [2.24, 2.45) is 0 Å². The lowest BCUT2D eigenvalue weighted by Gasteiger charge is -2.30. The quantitative estimate of drug-likeness (QED) is 0.279. The van der Waals surface area contributed by atoms with Crippen molar-refractivity contribution in [1.29, 1.82) is 0 Å². The topological polar surface area (TPSA) is 68.3 Å². The Morgan fingerprint density at radius 1 is 0.946 bits per heavy atom. The zero-order valence-electron chi connectivity index (χ0n) is 21.4. The number of fused-ring (bicyclic) bond motifs is 1. The number of nitrogens with zero attached hydrogens (tertiary/aromatic N) is 3. The normalized spacial score (nSPS) is 12.0. The number of hydrogen-bond donors (Lipinski definition) is 0. The predicted octanol–water partition coefficient (Wildman–Crippen LogP) is 6.31. The van der Waals surface area contributed by atoms with Crippen molar-refractivity contribution < 1.29 is 9.21 Å². The maximum atomic E-state index is 13.9. The van der Waals surface area contributed by atoms with Gasteiger partial charge in [0.1, 0.15) is 11.6 Å². The van der Waals surface area contributed by atoms with Gasteiger partial charge in [0.05, 0.1) is 35.4 Å². The van der Waals surface area contributed by atoms with Crippen LogP contribution in [0.2, 0.25) is 0 Å². The highest BCUT2D eigenvalue weighted by Gasteiger charge is 2.29. The lowest BCUT2D eigenvalue weighted by molar-refractivity contribution is 0.0648. The molecule has 5 aromatic rings. The van der Waals surface area contributed by atoms with Crippen LogP contribution in [0.1, 0.15) is 51.6 Å². The van der Waals surface area contributed by atoms with Gasteiger partial charge in [-0.25, -0.2) is 4.98 Å². The predicted molar refractivity (Wildman–Crippen MR) is 145 cm³/mol. The molecule has 3 aromatic carbocycles. The molecule has 6 nitrogen and oxygen atoms in total. The fourth-order valence-electron chi connectivity index (χ4n) is 4.58. The zero-order chi connectivity index (χ0) is 26.1. The van der Waals surface area contributed by atoms with Crippen LogP contribution in [0.4, 0.5) is 0 Å². The van der Waals surface area contributed by atoms with E-state index in [0.717, 1.165) is 22.4 Å². The molecule has 0 saturated heterocycles. The van der Waals surface area contributed by atoms with Gasteiger partial charge in [0.25, 0.3) is 11.5 Å². The van der Waals surface area contributed by atoms with E-state index in [-0.39, 0.29) is 18.0 Å². The maximum absolute atomic E-state index is 13.9. The average Bonchev–Trinajstić information content (AvgIpc) is 3.42. The third-order valence-electron chi connectivity index (χ3n) is 6.71. The smallest absolute Gasteiger partial charge is 0.266 e.